The van der Waals surface area contributed by atoms with Crippen molar-refractivity contribution >= 4 is 33.4 Å². The van der Waals surface area contributed by atoms with E-state index in [-0.39, 0.29) is 5.21 Å². The highest BCUT2D eigenvalue weighted by atomic mass is 35.5. The molecule has 0 aromatic carbocycles. The Kier molecular flexibility index (Phi) is 3.49. The fourth-order valence-corrected chi connectivity index (χ4v) is 3.32. The van der Waals surface area contributed by atoms with Gasteiger partial charge >= 0.3 is 0 Å². The first-order chi connectivity index (χ1) is 5.17. The van der Waals surface area contributed by atoms with Gasteiger partial charge in [0.1, 0.15) is 5.21 Å². The molecule has 1 rings (SSSR count). The lowest BCUT2D eigenvalue weighted by Gasteiger charge is -2.24. The summed E-state index contributed by atoms with van der Waals surface area (Å²) in [5.74, 6) is 1.77. The molecule has 3 nitrogen and oxygen atoms in total. The Labute approximate surface area is 76.1 Å². The monoisotopic (exact) mass is 215 g/mol. The number of hydrogen-bond acceptors (Lipinski definition) is 3. The zero-order chi connectivity index (χ0) is 8.32. The third-order valence-corrected chi connectivity index (χ3v) is 4.70. The van der Waals surface area contributed by atoms with Gasteiger partial charge in [0, 0.05) is 24.6 Å². The molecule has 0 aromatic rings. The summed E-state index contributed by atoms with van der Waals surface area (Å²) >= 11 is 7.07. The SMILES string of the molecule is O=S(=O)(CCl)N1CCSCC1. The minimum Gasteiger partial charge on any atom is -0.211 e. The predicted octanol–water partition coefficient (Wildman–Crippen LogP) is 0.561. The van der Waals surface area contributed by atoms with Crippen LogP contribution in [0.25, 0.3) is 0 Å². The summed E-state index contributed by atoms with van der Waals surface area (Å²) in [4.78, 5) is 0. The molecule has 0 aliphatic carbocycles. The second kappa shape index (κ2) is 3.98. The van der Waals surface area contributed by atoms with Crippen LogP contribution in [0.3, 0.4) is 0 Å². The first kappa shape index (κ1) is 9.64. The van der Waals surface area contributed by atoms with E-state index in [2.05, 4.69) is 0 Å². The average molecular weight is 216 g/mol. The van der Waals surface area contributed by atoms with Crippen LogP contribution < -0.4 is 0 Å². The van der Waals surface area contributed by atoms with Gasteiger partial charge in [0.05, 0.1) is 0 Å². The lowest BCUT2D eigenvalue weighted by atomic mass is 10.6. The Morgan fingerprint density at radius 1 is 1.36 bits per heavy atom. The highest BCUT2D eigenvalue weighted by molar-refractivity contribution is 7.99. The molecule has 1 saturated heterocycles. The number of alkyl halides is 1. The van der Waals surface area contributed by atoms with Crippen molar-refractivity contribution in [2.45, 2.75) is 0 Å². The predicted molar refractivity (Wildman–Crippen MR) is 48.5 cm³/mol. The lowest BCUT2D eigenvalue weighted by Crippen LogP contribution is -2.38. The lowest BCUT2D eigenvalue weighted by molar-refractivity contribution is 0.447. The molecule has 6 heteroatoms. The largest absolute Gasteiger partial charge is 0.228 e. The van der Waals surface area contributed by atoms with Crippen LogP contribution in [0.5, 0.6) is 0 Å². The van der Waals surface area contributed by atoms with Crippen molar-refractivity contribution in [1.82, 2.24) is 4.31 Å². The first-order valence-corrected chi connectivity index (χ1v) is 6.58. The van der Waals surface area contributed by atoms with E-state index in [4.69, 9.17) is 11.6 Å². The fraction of sp³-hybridized carbons (Fsp3) is 1.00. The van der Waals surface area contributed by atoms with Gasteiger partial charge in [0.25, 0.3) is 0 Å². The van der Waals surface area contributed by atoms with Crippen molar-refractivity contribution < 1.29 is 8.42 Å². The number of hydrogen-bond donors (Lipinski definition) is 0. The van der Waals surface area contributed by atoms with Crippen LogP contribution >= 0.6 is 23.4 Å². The molecule has 1 aliphatic heterocycles. The quantitative estimate of drug-likeness (QED) is 0.632. The van der Waals surface area contributed by atoms with Gasteiger partial charge in [-0.1, -0.05) is 0 Å². The maximum absolute atomic E-state index is 11.1. The third kappa shape index (κ3) is 2.50. The van der Waals surface area contributed by atoms with E-state index in [0.29, 0.717) is 13.1 Å². The molecule has 1 fully saturated rings. The van der Waals surface area contributed by atoms with Crippen LogP contribution in [0.2, 0.25) is 0 Å². The van der Waals surface area contributed by atoms with E-state index < -0.39 is 10.0 Å². The summed E-state index contributed by atoms with van der Waals surface area (Å²) in [6, 6.07) is 0. The van der Waals surface area contributed by atoms with Gasteiger partial charge in [-0.3, -0.25) is 0 Å². The molecule has 0 amide bonds. The Hall–Kier alpha value is 0.550. The van der Waals surface area contributed by atoms with Crippen LogP contribution in [0, 0.1) is 0 Å². The fourth-order valence-electron chi connectivity index (χ4n) is 0.894. The van der Waals surface area contributed by atoms with Crippen molar-refractivity contribution in [2.24, 2.45) is 0 Å². The standard InChI is InChI=1S/C5H10ClNO2S2/c6-5-11(8,9)7-1-3-10-4-2-7/h1-5H2. The summed E-state index contributed by atoms with van der Waals surface area (Å²) in [5, 5.41) is -0.294. The maximum atomic E-state index is 11.1. The molecule has 0 unspecified atom stereocenters. The molecule has 1 aliphatic rings. The average Bonchev–Trinajstić information content (AvgIpc) is 2.06. The molecule has 0 atom stereocenters. The van der Waals surface area contributed by atoms with E-state index >= 15 is 0 Å². The van der Waals surface area contributed by atoms with Gasteiger partial charge in [-0.2, -0.15) is 16.1 Å². The molecular weight excluding hydrogens is 206 g/mol. The van der Waals surface area contributed by atoms with Gasteiger partial charge in [-0.25, -0.2) is 8.42 Å². The van der Waals surface area contributed by atoms with E-state index in [1.54, 1.807) is 11.8 Å². The number of thioether (sulfide) groups is 1. The normalized spacial score (nSPS) is 21.9. The Balaban J connectivity index is 2.58. The molecule has 0 N–H and O–H groups in total. The number of halogens is 1. The minimum absolute atomic E-state index is 0.294. The summed E-state index contributed by atoms with van der Waals surface area (Å²) in [6.45, 7) is 1.22. The molecule has 0 radical (unpaired) electrons. The van der Waals surface area contributed by atoms with Crippen molar-refractivity contribution in [1.29, 1.82) is 0 Å². The van der Waals surface area contributed by atoms with Gasteiger partial charge < -0.3 is 0 Å². The second-order valence-electron chi connectivity index (χ2n) is 2.23. The Morgan fingerprint density at radius 3 is 2.36 bits per heavy atom. The molecule has 11 heavy (non-hydrogen) atoms. The van der Waals surface area contributed by atoms with Crippen molar-refractivity contribution in [3.63, 3.8) is 0 Å². The maximum Gasteiger partial charge on any atom is 0.228 e. The topological polar surface area (TPSA) is 37.4 Å². The van der Waals surface area contributed by atoms with Crippen LogP contribution in [0.4, 0.5) is 0 Å². The Bertz CT molecular complexity index is 211. The molecule has 0 aromatic heterocycles. The number of nitrogens with zero attached hydrogens (tertiary/aromatic N) is 1. The molecule has 0 saturated carbocycles. The zero-order valence-corrected chi connectivity index (χ0v) is 8.38. The van der Waals surface area contributed by atoms with Gasteiger partial charge in [0.2, 0.25) is 10.0 Å². The van der Waals surface area contributed by atoms with Gasteiger partial charge in [-0.05, 0) is 0 Å². The molecular formula is C5H10ClNO2S2. The van der Waals surface area contributed by atoms with Gasteiger partial charge in [0.15, 0.2) is 0 Å². The molecule has 66 valence electrons. The van der Waals surface area contributed by atoms with Crippen LogP contribution in [-0.2, 0) is 10.0 Å². The zero-order valence-electron chi connectivity index (χ0n) is 5.99. The number of rotatable bonds is 2. The van der Waals surface area contributed by atoms with E-state index in [1.165, 1.54) is 4.31 Å². The summed E-state index contributed by atoms with van der Waals surface area (Å²) in [7, 11) is -3.14. The molecule has 0 bridgehead atoms. The molecule has 0 spiro atoms. The van der Waals surface area contributed by atoms with Gasteiger partial charge in [-0.15, -0.1) is 11.6 Å². The van der Waals surface area contributed by atoms with E-state index in [1.807, 2.05) is 0 Å². The van der Waals surface area contributed by atoms with Crippen LogP contribution in [-0.4, -0.2) is 42.5 Å². The second-order valence-corrected chi connectivity index (χ2v) is 6.01. The third-order valence-electron chi connectivity index (χ3n) is 1.50. The summed E-state index contributed by atoms with van der Waals surface area (Å²) in [5.41, 5.74) is 0. The van der Waals surface area contributed by atoms with Crippen LogP contribution in [0.1, 0.15) is 0 Å². The molecule has 1 heterocycles. The minimum atomic E-state index is -3.14. The highest BCUT2D eigenvalue weighted by Gasteiger charge is 2.22. The first-order valence-electron chi connectivity index (χ1n) is 3.28. The smallest absolute Gasteiger partial charge is 0.211 e. The van der Waals surface area contributed by atoms with Crippen molar-refractivity contribution in [2.75, 3.05) is 29.8 Å². The van der Waals surface area contributed by atoms with E-state index in [9.17, 15) is 8.42 Å². The number of sulfonamides is 1. The summed E-state index contributed by atoms with van der Waals surface area (Å²) in [6.07, 6.45) is 0. The van der Waals surface area contributed by atoms with Crippen LogP contribution in [0.15, 0.2) is 0 Å². The van der Waals surface area contributed by atoms with Crippen molar-refractivity contribution in [3.05, 3.63) is 0 Å². The highest BCUT2D eigenvalue weighted by Crippen LogP contribution is 2.13. The Morgan fingerprint density at radius 2 is 1.91 bits per heavy atom. The van der Waals surface area contributed by atoms with Crippen molar-refractivity contribution in [3.8, 4) is 0 Å². The summed E-state index contributed by atoms with van der Waals surface area (Å²) < 4.78 is 23.7. The van der Waals surface area contributed by atoms with E-state index in [0.717, 1.165) is 11.5 Å².